The highest BCUT2D eigenvalue weighted by atomic mass is 15.4. The van der Waals surface area contributed by atoms with Crippen LogP contribution in [0.5, 0.6) is 0 Å². The van der Waals surface area contributed by atoms with Crippen molar-refractivity contribution >= 4 is 17.8 Å². The number of hydrogen-bond acceptors (Lipinski definition) is 5. The van der Waals surface area contributed by atoms with Gasteiger partial charge in [-0.1, -0.05) is 0 Å². The molecule has 0 saturated carbocycles. The van der Waals surface area contributed by atoms with E-state index in [2.05, 4.69) is 36.0 Å². The second kappa shape index (κ2) is 4.83. The molecule has 0 aliphatic rings. The Morgan fingerprint density at radius 2 is 1.29 bits per heavy atom. The Bertz CT molecular complexity index is 359. The average molecular weight is 239 g/mol. The Morgan fingerprint density at radius 3 is 1.59 bits per heavy atom. The molecule has 0 atom stereocenters. The van der Waals surface area contributed by atoms with Crippen molar-refractivity contribution in [3.05, 3.63) is 0 Å². The summed E-state index contributed by atoms with van der Waals surface area (Å²) in [6.07, 6.45) is 0. The lowest BCUT2D eigenvalue weighted by Crippen LogP contribution is -2.42. The zero-order valence-electron chi connectivity index (χ0n) is 11.9. The van der Waals surface area contributed by atoms with Crippen molar-refractivity contribution in [1.82, 2.24) is 19.4 Å². The van der Waals surface area contributed by atoms with E-state index in [-0.39, 0.29) is 0 Å². The number of aromatic nitrogens is 3. The topological polar surface area (TPSA) is 45.2 Å². The summed E-state index contributed by atoms with van der Waals surface area (Å²) in [6, 6.07) is 0. The maximum Gasteiger partial charge on any atom is 0.335 e. The van der Waals surface area contributed by atoms with Gasteiger partial charge in [0.25, 0.3) is 0 Å². The first-order valence-electron chi connectivity index (χ1n) is 5.72. The third-order valence-corrected chi connectivity index (χ3v) is 2.73. The number of hydrogen-bond donors (Lipinski definition) is 0. The lowest BCUT2D eigenvalue weighted by molar-refractivity contribution is 0.397. The molecule has 17 heavy (non-hydrogen) atoms. The van der Waals surface area contributed by atoms with E-state index in [0.29, 0.717) is 16.4 Å². The molecule has 0 N–H and O–H groups in total. The van der Waals surface area contributed by atoms with Gasteiger partial charge in [0.1, 0.15) is 0 Å². The zero-order chi connectivity index (χ0) is 13.2. The first kappa shape index (κ1) is 13.6. The van der Waals surface area contributed by atoms with Crippen molar-refractivity contribution in [2.24, 2.45) is 0 Å². The molecule has 6 nitrogen and oxygen atoms in total. The molecule has 0 bridgehead atoms. The van der Waals surface area contributed by atoms with Crippen molar-refractivity contribution in [3.63, 3.8) is 0 Å². The van der Waals surface area contributed by atoms with Crippen LogP contribution in [0.1, 0.15) is 6.92 Å². The molecule has 0 radical (unpaired) electrons. The van der Waals surface area contributed by atoms with E-state index in [1.54, 1.807) is 0 Å². The van der Waals surface area contributed by atoms with Gasteiger partial charge in [-0.2, -0.15) is 4.98 Å². The van der Waals surface area contributed by atoms with Gasteiger partial charge >= 0.3 is 5.95 Å². The van der Waals surface area contributed by atoms with Crippen LogP contribution in [0.15, 0.2) is 0 Å². The Morgan fingerprint density at radius 1 is 0.882 bits per heavy atom. The summed E-state index contributed by atoms with van der Waals surface area (Å²) in [5.74, 6) is 2.17. The predicted octanol–water partition coefficient (Wildman–Crippen LogP) is 0.590. The van der Waals surface area contributed by atoms with Crippen molar-refractivity contribution in [2.45, 2.75) is 6.92 Å². The molecule has 0 fully saturated rings. The number of nitrogens with zero attached hydrogens (tertiary/aromatic N) is 6. The highest BCUT2D eigenvalue weighted by Gasteiger charge is 2.23. The van der Waals surface area contributed by atoms with Crippen molar-refractivity contribution in [2.75, 3.05) is 58.6 Å². The second-order valence-electron chi connectivity index (χ2n) is 5.03. The van der Waals surface area contributed by atoms with Gasteiger partial charge < -0.3 is 9.80 Å². The van der Waals surface area contributed by atoms with E-state index in [1.165, 1.54) is 0 Å². The van der Waals surface area contributed by atoms with Crippen LogP contribution in [0, 0.1) is 0 Å². The van der Waals surface area contributed by atoms with E-state index >= 15 is 0 Å². The predicted molar refractivity (Wildman–Crippen MR) is 72.7 cm³/mol. The van der Waals surface area contributed by atoms with Crippen molar-refractivity contribution in [1.29, 1.82) is 0 Å². The van der Waals surface area contributed by atoms with Crippen molar-refractivity contribution < 1.29 is 0 Å². The number of rotatable bonds is 4. The van der Waals surface area contributed by atoms with Gasteiger partial charge in [0.15, 0.2) is 0 Å². The maximum atomic E-state index is 4.51. The summed E-state index contributed by atoms with van der Waals surface area (Å²) in [6.45, 7) is 3.05. The Balaban J connectivity index is 3.31. The number of anilines is 2. The van der Waals surface area contributed by atoms with E-state index in [1.807, 2.05) is 38.0 Å². The molecule has 0 unspecified atom stereocenters. The fourth-order valence-electron chi connectivity index (χ4n) is 1.16. The summed E-state index contributed by atoms with van der Waals surface area (Å²) >= 11 is 0. The summed E-state index contributed by atoms with van der Waals surface area (Å²) in [5, 5.41) is 0. The Kier molecular flexibility index (Phi) is 3.87. The summed E-state index contributed by atoms with van der Waals surface area (Å²) in [5.41, 5.74) is 0. The first-order chi connectivity index (χ1) is 7.77. The lowest BCUT2D eigenvalue weighted by atomic mass is 10.5. The van der Waals surface area contributed by atoms with Gasteiger partial charge in [-0.25, -0.2) is 0 Å². The molecule has 6 heteroatoms. The van der Waals surface area contributed by atoms with Crippen LogP contribution in [0.3, 0.4) is 0 Å². The molecule has 96 valence electrons. The smallest absolute Gasteiger partial charge is 0.335 e. The van der Waals surface area contributed by atoms with Gasteiger partial charge in [0.05, 0.1) is 20.6 Å². The van der Waals surface area contributed by atoms with Crippen LogP contribution in [-0.4, -0.2) is 63.8 Å². The fraction of sp³-hybridized carbons (Fsp3) is 0.727. The molecule has 0 aliphatic carbocycles. The van der Waals surface area contributed by atoms with Gasteiger partial charge in [0, 0.05) is 28.2 Å². The Labute approximate surface area is 103 Å². The van der Waals surface area contributed by atoms with Crippen LogP contribution < -0.4 is 14.3 Å². The highest BCUT2D eigenvalue weighted by molar-refractivity contribution is 5.43. The third-order valence-electron chi connectivity index (χ3n) is 2.73. The van der Waals surface area contributed by atoms with Gasteiger partial charge in [-0.05, 0) is 6.92 Å². The molecule has 1 rings (SSSR count). The van der Waals surface area contributed by atoms with Crippen LogP contribution in [-0.2, 0) is 0 Å². The minimum absolute atomic E-state index is 0.643. The molecule has 1 heterocycles. The lowest BCUT2D eigenvalue weighted by Gasteiger charge is -2.26. The zero-order valence-corrected chi connectivity index (χ0v) is 11.9. The largest absolute Gasteiger partial charge is 0.347 e. The molecule has 1 aromatic rings. The minimum atomic E-state index is 0.643. The highest BCUT2D eigenvalue weighted by Crippen LogP contribution is 2.19. The normalized spacial score (nSPS) is 11.5. The molecule has 0 spiro atoms. The molecule has 0 amide bonds. The van der Waals surface area contributed by atoms with Crippen LogP contribution >= 0.6 is 0 Å². The van der Waals surface area contributed by atoms with Crippen LogP contribution in [0.4, 0.5) is 17.8 Å². The minimum Gasteiger partial charge on any atom is -0.347 e. The maximum absolute atomic E-state index is 4.51. The molecular formula is C11H23N6+. The molecule has 1 aromatic heterocycles. The van der Waals surface area contributed by atoms with E-state index in [0.717, 1.165) is 12.5 Å². The monoisotopic (exact) mass is 239 g/mol. The third kappa shape index (κ3) is 3.03. The van der Waals surface area contributed by atoms with Crippen LogP contribution in [0.25, 0.3) is 0 Å². The van der Waals surface area contributed by atoms with E-state index < -0.39 is 0 Å². The molecular weight excluding hydrogens is 216 g/mol. The fourth-order valence-corrected chi connectivity index (χ4v) is 1.16. The van der Waals surface area contributed by atoms with Crippen LogP contribution in [0.2, 0.25) is 0 Å². The Hall–Kier alpha value is -1.43. The van der Waals surface area contributed by atoms with Gasteiger partial charge in [-0.3, -0.25) is 4.48 Å². The summed E-state index contributed by atoms with van der Waals surface area (Å²) in [4.78, 5) is 17.2. The second-order valence-corrected chi connectivity index (χ2v) is 5.03. The number of quaternary nitrogens is 1. The van der Waals surface area contributed by atoms with Crippen molar-refractivity contribution in [3.8, 4) is 0 Å². The summed E-state index contributed by atoms with van der Waals surface area (Å²) in [7, 11) is 11.9. The molecule has 0 aliphatic heterocycles. The van der Waals surface area contributed by atoms with Gasteiger partial charge in [0.2, 0.25) is 11.9 Å². The van der Waals surface area contributed by atoms with E-state index in [9.17, 15) is 0 Å². The standard InChI is InChI=1S/C11H23N6/c1-8-17(6,7)11-13-9(15(2)3)12-10(14-11)16(4)5/h8H2,1-7H3/q+1. The quantitative estimate of drug-likeness (QED) is 0.720. The van der Waals surface area contributed by atoms with E-state index in [4.69, 9.17) is 0 Å². The molecule has 0 aromatic carbocycles. The molecule has 0 saturated heterocycles. The summed E-state index contributed by atoms with van der Waals surface area (Å²) < 4.78 is 0.643. The average Bonchev–Trinajstić information content (AvgIpc) is 2.28. The first-order valence-corrected chi connectivity index (χ1v) is 5.72. The SMILES string of the molecule is CC[N+](C)(C)c1nc(N(C)C)nc(N(C)C)n1. The van der Waals surface area contributed by atoms with Gasteiger partial charge in [-0.15, -0.1) is 9.97 Å².